The molecule has 0 unspecified atom stereocenters. The van der Waals surface area contributed by atoms with Crippen molar-refractivity contribution in [1.82, 2.24) is 0 Å². The highest BCUT2D eigenvalue weighted by atomic mass is 79.9. The van der Waals surface area contributed by atoms with Gasteiger partial charge < -0.3 is 9.64 Å². The average Bonchev–Trinajstić information content (AvgIpc) is 2.47. The second-order valence-corrected chi connectivity index (χ2v) is 5.47. The first-order chi connectivity index (χ1) is 10.0. The fraction of sp³-hybridized carbons (Fsp3) is 0.200. The Morgan fingerprint density at radius 2 is 2.00 bits per heavy atom. The Bertz CT molecular complexity index is 661. The Morgan fingerprint density at radius 3 is 2.67 bits per heavy atom. The highest BCUT2D eigenvalue weighted by Crippen LogP contribution is 2.32. The van der Waals surface area contributed by atoms with Gasteiger partial charge in [-0.1, -0.05) is 34.1 Å². The Hall–Kier alpha value is -2.08. The molecule has 0 N–H and O–H groups in total. The van der Waals surface area contributed by atoms with Crippen molar-refractivity contribution in [1.29, 1.82) is 0 Å². The van der Waals surface area contributed by atoms with E-state index in [1.807, 2.05) is 36.2 Å². The van der Waals surface area contributed by atoms with Gasteiger partial charge in [-0.15, -0.1) is 0 Å². The molecule has 0 aliphatic carbocycles. The maximum atomic E-state index is 11.2. The van der Waals surface area contributed by atoms with Crippen LogP contribution in [0.5, 0.6) is 5.75 Å². The summed E-state index contributed by atoms with van der Waals surface area (Å²) in [5.74, 6) is 0.768. The van der Waals surface area contributed by atoms with Crippen molar-refractivity contribution in [3.05, 3.63) is 62.6 Å². The van der Waals surface area contributed by atoms with Gasteiger partial charge in [0.25, 0.3) is 5.69 Å². The van der Waals surface area contributed by atoms with Crippen molar-refractivity contribution in [3.63, 3.8) is 0 Å². The number of anilines is 1. The molecule has 0 heterocycles. The summed E-state index contributed by atoms with van der Waals surface area (Å²) in [5.41, 5.74) is 1.61. The van der Waals surface area contributed by atoms with Gasteiger partial charge in [0.15, 0.2) is 0 Å². The highest BCUT2D eigenvalue weighted by molar-refractivity contribution is 9.10. The summed E-state index contributed by atoms with van der Waals surface area (Å²) in [5, 5.41) is 11.2. The van der Waals surface area contributed by atoms with Gasteiger partial charge in [0.05, 0.1) is 12.0 Å². The van der Waals surface area contributed by atoms with Crippen molar-refractivity contribution in [3.8, 4) is 5.75 Å². The van der Waals surface area contributed by atoms with E-state index in [4.69, 9.17) is 4.74 Å². The second kappa shape index (κ2) is 6.58. The standard InChI is InChI=1S/C15H15BrN2O3/c1-17(10-11-5-3-4-6-15(11)21-2)13-8-7-12(16)9-14(13)18(19)20/h3-9H,10H2,1-2H3. The van der Waals surface area contributed by atoms with Crippen LogP contribution in [0.3, 0.4) is 0 Å². The van der Waals surface area contributed by atoms with E-state index in [1.54, 1.807) is 19.2 Å². The molecule has 0 amide bonds. The zero-order chi connectivity index (χ0) is 15.4. The van der Waals surface area contributed by atoms with Gasteiger partial charge in [0.1, 0.15) is 11.4 Å². The van der Waals surface area contributed by atoms with Crippen LogP contribution in [-0.2, 0) is 6.54 Å². The Kier molecular flexibility index (Phi) is 4.80. The monoisotopic (exact) mass is 350 g/mol. The van der Waals surface area contributed by atoms with Crippen LogP contribution in [-0.4, -0.2) is 19.1 Å². The van der Waals surface area contributed by atoms with Crippen LogP contribution < -0.4 is 9.64 Å². The van der Waals surface area contributed by atoms with E-state index >= 15 is 0 Å². The third-order valence-corrected chi connectivity index (χ3v) is 3.64. The maximum Gasteiger partial charge on any atom is 0.293 e. The summed E-state index contributed by atoms with van der Waals surface area (Å²) in [6.45, 7) is 0.520. The number of nitro benzene ring substituents is 1. The molecule has 2 rings (SSSR count). The minimum Gasteiger partial charge on any atom is -0.496 e. The molecule has 0 fully saturated rings. The normalized spacial score (nSPS) is 10.2. The van der Waals surface area contributed by atoms with Gasteiger partial charge in [-0.2, -0.15) is 0 Å². The molecule has 0 aliphatic rings. The van der Waals surface area contributed by atoms with Crippen LogP contribution in [0.2, 0.25) is 0 Å². The summed E-state index contributed by atoms with van der Waals surface area (Å²) in [4.78, 5) is 12.6. The molecular weight excluding hydrogens is 336 g/mol. The molecule has 2 aromatic rings. The van der Waals surface area contributed by atoms with Crippen LogP contribution in [0.1, 0.15) is 5.56 Å². The van der Waals surface area contributed by atoms with Crippen LogP contribution >= 0.6 is 15.9 Å². The smallest absolute Gasteiger partial charge is 0.293 e. The minimum atomic E-state index is -0.376. The zero-order valence-corrected chi connectivity index (χ0v) is 13.3. The third kappa shape index (κ3) is 3.52. The fourth-order valence-electron chi connectivity index (χ4n) is 2.14. The molecule has 0 bridgehead atoms. The topological polar surface area (TPSA) is 55.6 Å². The van der Waals surface area contributed by atoms with Crippen molar-refractivity contribution in [2.75, 3.05) is 19.1 Å². The lowest BCUT2D eigenvalue weighted by atomic mass is 10.1. The number of benzene rings is 2. The number of halogens is 1. The van der Waals surface area contributed by atoms with Crippen molar-refractivity contribution < 1.29 is 9.66 Å². The van der Waals surface area contributed by atoms with Crippen molar-refractivity contribution in [2.24, 2.45) is 0 Å². The molecule has 0 saturated heterocycles. The molecule has 5 nitrogen and oxygen atoms in total. The zero-order valence-electron chi connectivity index (χ0n) is 11.7. The molecular formula is C15H15BrN2O3. The molecule has 2 aromatic carbocycles. The molecule has 0 saturated carbocycles. The number of hydrogen-bond donors (Lipinski definition) is 0. The van der Waals surface area contributed by atoms with E-state index in [0.717, 1.165) is 11.3 Å². The van der Waals surface area contributed by atoms with E-state index in [-0.39, 0.29) is 10.6 Å². The summed E-state index contributed by atoms with van der Waals surface area (Å²) >= 11 is 3.26. The summed E-state index contributed by atoms with van der Waals surface area (Å²) in [6, 6.07) is 12.7. The van der Waals surface area contributed by atoms with Gasteiger partial charge in [-0.3, -0.25) is 10.1 Å². The van der Waals surface area contributed by atoms with Gasteiger partial charge in [-0.25, -0.2) is 0 Å². The molecule has 0 aliphatic heterocycles. The molecule has 0 radical (unpaired) electrons. The van der Waals surface area contributed by atoms with Crippen molar-refractivity contribution >= 4 is 27.3 Å². The predicted molar refractivity (Wildman–Crippen MR) is 85.9 cm³/mol. The summed E-state index contributed by atoms with van der Waals surface area (Å²) in [6.07, 6.45) is 0. The number of nitro groups is 1. The summed E-state index contributed by atoms with van der Waals surface area (Å²) in [7, 11) is 3.43. The lowest BCUT2D eigenvalue weighted by Gasteiger charge is -2.20. The number of para-hydroxylation sites is 1. The fourth-order valence-corrected chi connectivity index (χ4v) is 2.49. The van der Waals surface area contributed by atoms with Crippen molar-refractivity contribution in [2.45, 2.75) is 6.54 Å². The first-order valence-electron chi connectivity index (χ1n) is 6.30. The lowest BCUT2D eigenvalue weighted by Crippen LogP contribution is -2.18. The number of nitrogens with zero attached hydrogens (tertiary/aromatic N) is 2. The van der Waals surface area contributed by atoms with E-state index in [0.29, 0.717) is 16.7 Å². The molecule has 6 heteroatoms. The van der Waals surface area contributed by atoms with E-state index < -0.39 is 0 Å². The largest absolute Gasteiger partial charge is 0.496 e. The average molecular weight is 351 g/mol. The van der Waals surface area contributed by atoms with Gasteiger partial charge in [0, 0.05) is 29.7 Å². The van der Waals surface area contributed by atoms with Crippen LogP contribution in [0.15, 0.2) is 46.9 Å². The lowest BCUT2D eigenvalue weighted by molar-refractivity contribution is -0.384. The number of hydrogen-bond acceptors (Lipinski definition) is 4. The van der Waals surface area contributed by atoms with Gasteiger partial charge in [0.2, 0.25) is 0 Å². The Labute approximate surface area is 131 Å². The SMILES string of the molecule is COc1ccccc1CN(C)c1ccc(Br)cc1[N+](=O)[O-]. The summed E-state index contributed by atoms with van der Waals surface area (Å²) < 4.78 is 5.99. The van der Waals surface area contributed by atoms with E-state index in [1.165, 1.54) is 6.07 Å². The first-order valence-corrected chi connectivity index (χ1v) is 7.09. The van der Waals surface area contributed by atoms with Gasteiger partial charge >= 0.3 is 0 Å². The maximum absolute atomic E-state index is 11.2. The van der Waals surface area contributed by atoms with Gasteiger partial charge in [-0.05, 0) is 18.2 Å². The molecule has 110 valence electrons. The van der Waals surface area contributed by atoms with Crippen LogP contribution in [0.4, 0.5) is 11.4 Å². The van der Waals surface area contributed by atoms with Crippen LogP contribution in [0, 0.1) is 10.1 Å². The van der Waals surface area contributed by atoms with Crippen LogP contribution in [0.25, 0.3) is 0 Å². The second-order valence-electron chi connectivity index (χ2n) is 4.56. The Balaban J connectivity index is 2.32. The highest BCUT2D eigenvalue weighted by Gasteiger charge is 2.18. The first kappa shape index (κ1) is 15.3. The predicted octanol–water partition coefficient (Wildman–Crippen LogP) is 4.00. The number of rotatable bonds is 5. The third-order valence-electron chi connectivity index (χ3n) is 3.15. The number of methoxy groups -OCH3 is 1. The minimum absolute atomic E-state index is 0.0711. The quantitative estimate of drug-likeness (QED) is 0.604. The van der Waals surface area contributed by atoms with E-state index in [9.17, 15) is 10.1 Å². The molecule has 21 heavy (non-hydrogen) atoms. The molecule has 0 aromatic heterocycles. The van der Waals surface area contributed by atoms with E-state index in [2.05, 4.69) is 15.9 Å². The Morgan fingerprint density at radius 1 is 1.29 bits per heavy atom. The number of ether oxygens (including phenoxy) is 1. The molecule has 0 spiro atoms. The molecule has 0 atom stereocenters.